The topological polar surface area (TPSA) is 0 Å². The van der Waals surface area contributed by atoms with Crippen LogP contribution in [0.1, 0.15) is 41.5 Å². The van der Waals surface area contributed by atoms with Gasteiger partial charge in [-0.3, -0.25) is 0 Å². The van der Waals surface area contributed by atoms with Gasteiger partial charge in [-0.2, -0.15) is 0 Å². The van der Waals surface area contributed by atoms with Gasteiger partial charge in [0, 0.05) is 15.7 Å². The smallest absolute Gasteiger partial charge is 0.0149 e. The summed E-state index contributed by atoms with van der Waals surface area (Å²) in [6.07, 6.45) is 5.17. The molecule has 0 saturated carbocycles. The lowest BCUT2D eigenvalue weighted by Crippen LogP contribution is -1.97. The number of allylic oxidation sites excluding steroid dienone is 3. The first-order valence-electron chi connectivity index (χ1n) is 5.46. The van der Waals surface area contributed by atoms with Crippen molar-refractivity contribution >= 4 is 11.3 Å². The molecule has 0 aliphatic carbocycles. The molecule has 1 aromatic rings. The fraction of sp³-hybridized carbons (Fsp3) is 0.429. The highest BCUT2D eigenvalue weighted by atomic mass is 32.1. The monoisotopic (exact) mass is 220 g/mol. The van der Waals surface area contributed by atoms with Crippen molar-refractivity contribution < 1.29 is 0 Å². The third-order valence-corrected chi connectivity index (χ3v) is 4.00. The van der Waals surface area contributed by atoms with Gasteiger partial charge in [0.1, 0.15) is 0 Å². The number of hydrogen-bond acceptors (Lipinski definition) is 1. The van der Waals surface area contributed by atoms with E-state index in [2.05, 4.69) is 46.4 Å². The lowest BCUT2D eigenvalue weighted by Gasteiger charge is -2.15. The molecule has 82 valence electrons. The highest BCUT2D eigenvalue weighted by Crippen LogP contribution is 2.35. The number of aryl methyl sites for hydroxylation is 2. The highest BCUT2D eigenvalue weighted by Gasteiger charge is 2.15. The maximum atomic E-state index is 3.77. The van der Waals surface area contributed by atoms with Crippen LogP contribution in [0.15, 0.2) is 30.4 Å². The minimum Gasteiger partial charge on any atom is -0.145 e. The van der Waals surface area contributed by atoms with E-state index in [1.807, 2.05) is 17.4 Å². The van der Waals surface area contributed by atoms with Crippen LogP contribution >= 0.6 is 11.3 Å². The average molecular weight is 220 g/mol. The van der Waals surface area contributed by atoms with Crippen LogP contribution < -0.4 is 0 Å². The Hall–Kier alpha value is -0.820. The van der Waals surface area contributed by atoms with Crippen molar-refractivity contribution in [2.24, 2.45) is 0 Å². The third-order valence-electron chi connectivity index (χ3n) is 2.73. The summed E-state index contributed by atoms with van der Waals surface area (Å²) in [5.74, 6) is 0.571. The van der Waals surface area contributed by atoms with Crippen molar-refractivity contribution in [3.05, 3.63) is 45.7 Å². The Morgan fingerprint density at radius 3 is 2.60 bits per heavy atom. The van der Waals surface area contributed by atoms with Gasteiger partial charge >= 0.3 is 0 Å². The van der Waals surface area contributed by atoms with E-state index >= 15 is 0 Å². The van der Waals surface area contributed by atoms with Crippen molar-refractivity contribution in [2.45, 2.75) is 40.0 Å². The van der Waals surface area contributed by atoms with Crippen molar-refractivity contribution in [1.29, 1.82) is 0 Å². The van der Waals surface area contributed by atoms with E-state index in [0.29, 0.717) is 5.92 Å². The molecular formula is C14H20S. The van der Waals surface area contributed by atoms with E-state index in [0.717, 1.165) is 6.42 Å². The molecule has 0 fully saturated rings. The number of thiophene rings is 1. The van der Waals surface area contributed by atoms with Crippen LogP contribution in [-0.2, 0) is 0 Å². The van der Waals surface area contributed by atoms with Crippen LogP contribution in [0, 0.1) is 13.8 Å². The van der Waals surface area contributed by atoms with Crippen molar-refractivity contribution in [2.75, 3.05) is 0 Å². The second kappa shape index (κ2) is 5.32. The van der Waals surface area contributed by atoms with E-state index < -0.39 is 0 Å². The Morgan fingerprint density at radius 2 is 2.20 bits per heavy atom. The van der Waals surface area contributed by atoms with Gasteiger partial charge in [0.2, 0.25) is 0 Å². The Kier molecular flexibility index (Phi) is 4.34. The lowest BCUT2D eigenvalue weighted by molar-refractivity contribution is 0.769. The molecular weight excluding hydrogens is 200 g/mol. The quantitative estimate of drug-likeness (QED) is 0.627. The number of hydrogen-bond donors (Lipinski definition) is 0. The maximum absolute atomic E-state index is 3.77. The first-order chi connectivity index (χ1) is 7.10. The summed E-state index contributed by atoms with van der Waals surface area (Å²) < 4.78 is 0. The average Bonchev–Trinajstić information content (AvgIpc) is 2.47. The second-order valence-corrected chi connectivity index (χ2v) is 5.30. The predicted octanol–water partition coefficient (Wildman–Crippen LogP) is 4.99. The SMILES string of the molecule is C=CC=C(C)[C@H](CC)c1sc(C)cc1C. The molecule has 1 rings (SSSR count). The first kappa shape index (κ1) is 12.3. The summed E-state index contributed by atoms with van der Waals surface area (Å²) in [6, 6.07) is 2.28. The molecule has 0 saturated heterocycles. The Labute approximate surface area is 97.3 Å². The molecule has 1 heteroatoms. The van der Waals surface area contributed by atoms with E-state index in [1.54, 1.807) is 0 Å². The van der Waals surface area contributed by atoms with Crippen LogP contribution in [0.5, 0.6) is 0 Å². The summed E-state index contributed by atoms with van der Waals surface area (Å²) in [6.45, 7) is 12.6. The van der Waals surface area contributed by atoms with Crippen LogP contribution in [0.3, 0.4) is 0 Å². The molecule has 0 unspecified atom stereocenters. The molecule has 0 aliphatic heterocycles. The lowest BCUT2D eigenvalue weighted by atomic mass is 9.93. The number of rotatable bonds is 4. The molecule has 1 heterocycles. The molecule has 0 aromatic carbocycles. The van der Waals surface area contributed by atoms with Crippen LogP contribution in [-0.4, -0.2) is 0 Å². The van der Waals surface area contributed by atoms with Gasteiger partial charge in [0.25, 0.3) is 0 Å². The fourth-order valence-electron chi connectivity index (χ4n) is 2.02. The van der Waals surface area contributed by atoms with Crippen LogP contribution in [0.2, 0.25) is 0 Å². The second-order valence-electron chi connectivity index (χ2n) is 4.01. The molecule has 0 spiro atoms. The molecule has 0 nitrogen and oxygen atoms in total. The summed E-state index contributed by atoms with van der Waals surface area (Å²) in [5.41, 5.74) is 2.85. The van der Waals surface area contributed by atoms with Gasteiger partial charge < -0.3 is 0 Å². The molecule has 1 aromatic heterocycles. The molecule has 15 heavy (non-hydrogen) atoms. The van der Waals surface area contributed by atoms with Gasteiger partial charge in [-0.15, -0.1) is 11.3 Å². The van der Waals surface area contributed by atoms with Gasteiger partial charge in [-0.25, -0.2) is 0 Å². The molecule has 0 radical (unpaired) electrons. The fourth-order valence-corrected chi connectivity index (χ4v) is 3.32. The van der Waals surface area contributed by atoms with Crippen molar-refractivity contribution in [1.82, 2.24) is 0 Å². The summed E-state index contributed by atoms with van der Waals surface area (Å²) in [5, 5.41) is 0. The minimum absolute atomic E-state index is 0.571. The van der Waals surface area contributed by atoms with E-state index in [4.69, 9.17) is 0 Å². The van der Waals surface area contributed by atoms with E-state index in [-0.39, 0.29) is 0 Å². The molecule has 0 N–H and O–H groups in total. The van der Waals surface area contributed by atoms with Gasteiger partial charge in [-0.1, -0.05) is 31.2 Å². The van der Waals surface area contributed by atoms with Gasteiger partial charge in [-0.05, 0) is 38.8 Å². The Bertz CT molecular complexity index is 369. The highest BCUT2D eigenvalue weighted by molar-refractivity contribution is 7.12. The normalized spacial score (nSPS) is 14.0. The molecule has 0 amide bonds. The van der Waals surface area contributed by atoms with E-state index in [1.165, 1.54) is 20.9 Å². The Balaban J connectivity index is 3.07. The maximum Gasteiger partial charge on any atom is 0.0149 e. The summed E-state index contributed by atoms with van der Waals surface area (Å²) in [4.78, 5) is 2.93. The molecule has 1 atom stereocenters. The van der Waals surface area contributed by atoms with Gasteiger partial charge in [0.15, 0.2) is 0 Å². The third kappa shape index (κ3) is 2.82. The zero-order chi connectivity index (χ0) is 11.4. The predicted molar refractivity (Wildman–Crippen MR) is 70.8 cm³/mol. The first-order valence-corrected chi connectivity index (χ1v) is 6.28. The summed E-state index contributed by atoms with van der Waals surface area (Å²) >= 11 is 1.93. The standard InChI is InChI=1S/C14H20S/c1-6-8-10(3)13(7-2)14-11(4)9-12(5)15-14/h6,8-9,13H,1,7H2,2-5H3/t13-/m0/s1. The van der Waals surface area contributed by atoms with Crippen LogP contribution in [0.4, 0.5) is 0 Å². The van der Waals surface area contributed by atoms with Crippen LogP contribution in [0.25, 0.3) is 0 Å². The largest absolute Gasteiger partial charge is 0.145 e. The van der Waals surface area contributed by atoms with E-state index in [9.17, 15) is 0 Å². The Morgan fingerprint density at radius 1 is 1.53 bits per heavy atom. The minimum atomic E-state index is 0.571. The molecule has 0 aliphatic rings. The van der Waals surface area contributed by atoms with Crippen molar-refractivity contribution in [3.8, 4) is 0 Å². The van der Waals surface area contributed by atoms with Gasteiger partial charge in [0.05, 0.1) is 0 Å². The zero-order valence-electron chi connectivity index (χ0n) is 10.1. The summed E-state index contributed by atoms with van der Waals surface area (Å²) in [7, 11) is 0. The van der Waals surface area contributed by atoms with Crippen molar-refractivity contribution in [3.63, 3.8) is 0 Å². The molecule has 0 bridgehead atoms. The zero-order valence-corrected chi connectivity index (χ0v) is 10.9.